The first kappa shape index (κ1) is 20.5. The molecule has 2 aromatic carbocycles. The van der Waals surface area contributed by atoms with Gasteiger partial charge in [-0.05, 0) is 35.4 Å². The van der Waals surface area contributed by atoms with Crippen molar-refractivity contribution in [3.05, 3.63) is 68.6 Å². The van der Waals surface area contributed by atoms with Gasteiger partial charge in [-0.1, -0.05) is 56.1 Å². The van der Waals surface area contributed by atoms with E-state index in [4.69, 9.17) is 4.74 Å². The zero-order valence-corrected chi connectivity index (χ0v) is 18.3. The Labute approximate surface area is 179 Å². The van der Waals surface area contributed by atoms with Crippen LogP contribution in [0.2, 0.25) is 0 Å². The molecule has 0 aliphatic carbocycles. The van der Waals surface area contributed by atoms with Gasteiger partial charge in [0, 0.05) is 29.1 Å². The van der Waals surface area contributed by atoms with Gasteiger partial charge in [0.05, 0.1) is 0 Å². The molecule has 0 fully saturated rings. The maximum atomic E-state index is 12.3. The summed E-state index contributed by atoms with van der Waals surface area (Å²) in [5, 5.41) is 10.6. The van der Waals surface area contributed by atoms with Gasteiger partial charge in [0.1, 0.15) is 6.61 Å². The van der Waals surface area contributed by atoms with Crippen molar-refractivity contribution >= 4 is 49.7 Å². The second kappa shape index (κ2) is 9.81. The van der Waals surface area contributed by atoms with Crippen molar-refractivity contribution in [1.29, 1.82) is 0 Å². The maximum Gasteiger partial charge on any atom is 0.276 e. The number of benzene rings is 2. The molecule has 0 atom stereocenters. The van der Waals surface area contributed by atoms with E-state index in [1.807, 2.05) is 48.5 Å². The van der Waals surface area contributed by atoms with E-state index in [9.17, 15) is 4.79 Å². The van der Waals surface area contributed by atoms with Gasteiger partial charge in [-0.2, -0.15) is 9.67 Å². The van der Waals surface area contributed by atoms with E-state index in [0.717, 1.165) is 20.1 Å². The first-order chi connectivity index (χ1) is 13.5. The number of carbonyl (C=O) groups excluding carboxylic acids is 1. The lowest BCUT2D eigenvalue weighted by atomic mass is 10.2. The Hall–Kier alpha value is -2.23. The van der Waals surface area contributed by atoms with Gasteiger partial charge in [0.2, 0.25) is 11.9 Å². The number of nitrogens with one attached hydrogen (secondary N) is 2. The molecule has 1 aromatic heterocycles. The van der Waals surface area contributed by atoms with Gasteiger partial charge in [-0.15, -0.1) is 5.10 Å². The molecule has 28 heavy (non-hydrogen) atoms. The molecule has 0 unspecified atom stereocenters. The van der Waals surface area contributed by atoms with Gasteiger partial charge < -0.3 is 15.4 Å². The molecule has 1 heterocycles. The summed E-state index contributed by atoms with van der Waals surface area (Å²) < 4.78 is 8.20. The zero-order chi connectivity index (χ0) is 19.9. The van der Waals surface area contributed by atoms with Gasteiger partial charge >= 0.3 is 0 Å². The molecule has 9 heteroatoms. The van der Waals surface area contributed by atoms with Gasteiger partial charge in [0.15, 0.2) is 0 Å². The largest absolute Gasteiger partial charge is 0.375 e. The van der Waals surface area contributed by atoms with Crippen LogP contribution in [0.25, 0.3) is 0 Å². The average molecular weight is 509 g/mol. The van der Waals surface area contributed by atoms with E-state index in [-0.39, 0.29) is 12.5 Å². The fourth-order valence-electron chi connectivity index (χ4n) is 2.43. The highest BCUT2D eigenvalue weighted by molar-refractivity contribution is 9.10. The summed E-state index contributed by atoms with van der Waals surface area (Å²) in [5.41, 5.74) is 2.13. The monoisotopic (exact) mass is 507 g/mol. The molecule has 146 valence electrons. The Bertz CT molecular complexity index is 927. The lowest BCUT2D eigenvalue weighted by Crippen LogP contribution is -2.20. The Balaban J connectivity index is 1.72. The molecule has 3 rings (SSSR count). The summed E-state index contributed by atoms with van der Waals surface area (Å²) in [6, 6.07) is 15.8. The summed E-state index contributed by atoms with van der Waals surface area (Å²) in [4.78, 5) is 16.7. The van der Waals surface area contributed by atoms with E-state index in [1.54, 1.807) is 0 Å². The number of ether oxygens (including phenoxy) is 1. The molecule has 0 aliphatic rings. The van der Waals surface area contributed by atoms with E-state index >= 15 is 0 Å². The van der Waals surface area contributed by atoms with Crippen LogP contribution in [0.15, 0.2) is 57.5 Å². The van der Waals surface area contributed by atoms with Crippen LogP contribution in [0, 0.1) is 0 Å². The average Bonchev–Trinajstić information content (AvgIpc) is 3.11. The van der Waals surface area contributed by atoms with Gasteiger partial charge in [0.25, 0.3) is 5.91 Å². The minimum Gasteiger partial charge on any atom is -0.375 e. The van der Waals surface area contributed by atoms with E-state index < -0.39 is 0 Å². The third-order valence-corrected chi connectivity index (χ3v) is 4.90. The van der Waals surface area contributed by atoms with E-state index in [0.29, 0.717) is 25.0 Å². The van der Waals surface area contributed by atoms with Crippen molar-refractivity contribution in [1.82, 2.24) is 14.8 Å². The molecule has 0 radical (unpaired) electrons. The Morgan fingerprint density at radius 2 is 1.50 bits per heavy atom. The van der Waals surface area contributed by atoms with E-state index in [2.05, 4.69) is 52.6 Å². The van der Waals surface area contributed by atoms with Crippen molar-refractivity contribution in [3.8, 4) is 0 Å². The third-order valence-electron chi connectivity index (χ3n) is 3.84. The van der Waals surface area contributed by atoms with Gasteiger partial charge in [-0.3, -0.25) is 4.79 Å². The number of hydrogen-bond acceptors (Lipinski definition) is 6. The van der Waals surface area contributed by atoms with Crippen LogP contribution in [0.1, 0.15) is 15.9 Å². The highest BCUT2D eigenvalue weighted by Crippen LogP contribution is 2.15. The Morgan fingerprint density at radius 1 is 0.964 bits per heavy atom. The molecule has 0 saturated carbocycles. The zero-order valence-electron chi connectivity index (χ0n) is 15.2. The number of hydrogen-bond donors (Lipinski definition) is 2. The number of methoxy groups -OCH3 is 1. The highest BCUT2D eigenvalue weighted by Gasteiger charge is 2.16. The number of aromatic nitrogens is 3. The second-order valence-corrected chi connectivity index (χ2v) is 7.79. The fourth-order valence-corrected chi connectivity index (χ4v) is 2.96. The van der Waals surface area contributed by atoms with Crippen LogP contribution in [-0.4, -0.2) is 34.4 Å². The second-order valence-electron chi connectivity index (χ2n) is 5.96. The van der Waals surface area contributed by atoms with E-state index in [1.165, 1.54) is 11.8 Å². The summed E-state index contributed by atoms with van der Waals surface area (Å²) in [5.74, 6) is 0.430. The summed E-state index contributed by atoms with van der Waals surface area (Å²) in [6.07, 6.45) is 0. The van der Waals surface area contributed by atoms with Crippen molar-refractivity contribution in [2.45, 2.75) is 13.1 Å². The normalized spacial score (nSPS) is 10.7. The SMILES string of the molecule is COCC(=O)n1nc(NCc2ccc(Br)cc2)nc1NCc1ccc(Br)cc1. The van der Waals surface area contributed by atoms with Crippen molar-refractivity contribution in [3.63, 3.8) is 0 Å². The van der Waals surface area contributed by atoms with Crippen LogP contribution in [0.5, 0.6) is 0 Å². The molecule has 0 amide bonds. The third kappa shape index (κ3) is 5.63. The molecule has 7 nitrogen and oxygen atoms in total. The molecule has 2 N–H and O–H groups in total. The summed E-state index contributed by atoms with van der Waals surface area (Å²) in [6.45, 7) is 0.975. The molecule has 0 saturated heterocycles. The lowest BCUT2D eigenvalue weighted by molar-refractivity contribution is 0.0748. The highest BCUT2D eigenvalue weighted by atomic mass is 79.9. The Morgan fingerprint density at radius 3 is 2.04 bits per heavy atom. The van der Waals surface area contributed by atoms with Crippen molar-refractivity contribution < 1.29 is 9.53 Å². The lowest BCUT2D eigenvalue weighted by Gasteiger charge is -2.06. The summed E-state index contributed by atoms with van der Waals surface area (Å²) >= 11 is 6.83. The molecular weight excluding hydrogens is 490 g/mol. The van der Waals surface area contributed by atoms with Gasteiger partial charge in [-0.25, -0.2) is 0 Å². The predicted molar refractivity (Wildman–Crippen MR) is 115 cm³/mol. The number of rotatable bonds is 8. The molecule has 0 bridgehead atoms. The minimum atomic E-state index is -0.301. The first-order valence-corrected chi connectivity index (χ1v) is 10.1. The molecule has 0 aliphatic heterocycles. The summed E-state index contributed by atoms with van der Waals surface area (Å²) in [7, 11) is 1.47. The maximum absolute atomic E-state index is 12.3. The van der Waals surface area contributed by atoms with Crippen LogP contribution in [0.3, 0.4) is 0 Å². The first-order valence-electron chi connectivity index (χ1n) is 8.51. The number of anilines is 2. The topological polar surface area (TPSA) is 81.1 Å². The number of halogens is 2. The van der Waals surface area contributed by atoms with Crippen molar-refractivity contribution in [2.75, 3.05) is 24.4 Å². The molecular formula is C19H19Br2N5O2. The minimum absolute atomic E-state index is 0.0809. The molecule has 0 spiro atoms. The van der Waals surface area contributed by atoms with Crippen LogP contribution in [0.4, 0.5) is 11.9 Å². The smallest absolute Gasteiger partial charge is 0.276 e. The quantitative estimate of drug-likeness (QED) is 0.471. The Kier molecular flexibility index (Phi) is 7.18. The fraction of sp³-hybridized carbons (Fsp3) is 0.211. The van der Waals surface area contributed by atoms with Crippen LogP contribution < -0.4 is 10.6 Å². The van der Waals surface area contributed by atoms with Crippen LogP contribution in [-0.2, 0) is 17.8 Å². The van der Waals surface area contributed by atoms with Crippen molar-refractivity contribution in [2.24, 2.45) is 0 Å². The number of nitrogens with zero attached hydrogens (tertiary/aromatic N) is 3. The molecule has 3 aromatic rings. The standard InChI is InChI=1S/C19H19Br2N5O2/c1-28-12-17(27)26-19(23-11-14-4-8-16(21)9-5-14)24-18(25-26)22-10-13-2-6-15(20)7-3-13/h2-9H,10-12H2,1H3,(H2,22,23,24,25). The number of carbonyl (C=O) groups is 1. The van der Waals surface area contributed by atoms with Crippen LogP contribution >= 0.6 is 31.9 Å². The predicted octanol–water partition coefficient (Wildman–Crippen LogP) is 4.31.